The van der Waals surface area contributed by atoms with Crippen molar-refractivity contribution in [3.63, 3.8) is 0 Å². The number of amides is 6. The number of ether oxygens (including phenoxy) is 2. The number of rotatable bonds is 16. The summed E-state index contributed by atoms with van der Waals surface area (Å²) >= 11 is 2.38. The van der Waals surface area contributed by atoms with Gasteiger partial charge in [-0.25, -0.2) is 29.3 Å². The number of carboxylic acids is 1. The van der Waals surface area contributed by atoms with Gasteiger partial charge in [-0.3, -0.25) is 25.0 Å². The Hall–Kier alpha value is -8.37. The summed E-state index contributed by atoms with van der Waals surface area (Å²) < 4.78 is 10.6. The van der Waals surface area contributed by atoms with Gasteiger partial charge in [-0.2, -0.15) is 0 Å². The summed E-state index contributed by atoms with van der Waals surface area (Å²) in [7, 11) is 2.99. The maximum absolute atomic E-state index is 13.2. The molecule has 0 saturated heterocycles. The first-order valence-electron chi connectivity index (χ1n) is 19.5. The number of urea groups is 3. The molecule has 0 bridgehead atoms. The molecule has 0 aliphatic rings. The molecular weight excluding hydrogens is 891 g/mol. The Kier molecular flexibility index (Phi) is 17.2. The monoisotopic (exact) mass is 935 g/mol. The molecule has 6 amide bonds. The van der Waals surface area contributed by atoms with Gasteiger partial charge >= 0.3 is 24.1 Å². The molecule has 0 aliphatic heterocycles. The molecule has 0 saturated carbocycles. The van der Waals surface area contributed by atoms with Gasteiger partial charge in [0.25, 0.3) is 0 Å². The number of aromatic nitrogens is 2. The van der Waals surface area contributed by atoms with Gasteiger partial charge < -0.3 is 47.3 Å². The van der Waals surface area contributed by atoms with E-state index < -0.39 is 30.6 Å². The number of nitrogens with zero attached hydrogens (tertiary/aromatic N) is 3. The van der Waals surface area contributed by atoms with Gasteiger partial charge in [-0.05, 0) is 62.4 Å². The highest BCUT2D eigenvalue weighted by Gasteiger charge is 2.21. The van der Waals surface area contributed by atoms with E-state index in [1.54, 1.807) is 89.6 Å². The molecule has 66 heavy (non-hydrogen) atoms. The molecular formula is C44H45N11O9S2. The number of anilines is 4. The Morgan fingerprint density at radius 3 is 1.56 bits per heavy atom. The smallest absolute Gasteiger partial charge is 0.325 e. The molecule has 22 heteroatoms. The number of nitrogens with one attached hydrogen (secondary N) is 6. The summed E-state index contributed by atoms with van der Waals surface area (Å²) in [5.41, 5.74) is 15.6. The maximum atomic E-state index is 13.2. The number of aryl methyl sites for hydroxylation is 2. The number of para-hydroxylation sites is 2. The summed E-state index contributed by atoms with van der Waals surface area (Å²) in [5.74, 6) is -0.870. The van der Waals surface area contributed by atoms with Crippen LogP contribution in [-0.2, 0) is 17.9 Å². The molecule has 11 N–H and O–H groups in total. The fourth-order valence-electron chi connectivity index (χ4n) is 5.81. The summed E-state index contributed by atoms with van der Waals surface area (Å²) in [6.45, 7) is 3.47. The van der Waals surface area contributed by atoms with E-state index in [4.69, 9.17) is 26.0 Å². The average Bonchev–Trinajstić information content (AvgIpc) is 3.96. The first kappa shape index (κ1) is 48.7. The van der Waals surface area contributed by atoms with Crippen molar-refractivity contribution in [1.82, 2.24) is 20.6 Å². The van der Waals surface area contributed by atoms with Crippen molar-refractivity contribution in [2.24, 2.45) is 16.5 Å². The van der Waals surface area contributed by atoms with E-state index in [1.807, 2.05) is 19.9 Å². The van der Waals surface area contributed by atoms with Gasteiger partial charge in [-0.1, -0.05) is 47.5 Å². The van der Waals surface area contributed by atoms with Gasteiger partial charge in [0.2, 0.25) is 0 Å². The van der Waals surface area contributed by atoms with Crippen LogP contribution in [0, 0.1) is 13.8 Å². The van der Waals surface area contributed by atoms with Crippen molar-refractivity contribution in [3.8, 4) is 11.5 Å². The van der Waals surface area contributed by atoms with E-state index in [2.05, 4.69) is 46.9 Å². The van der Waals surface area contributed by atoms with Crippen molar-refractivity contribution in [3.05, 3.63) is 140 Å². The number of methoxy groups -OCH3 is 2. The highest BCUT2D eigenvalue weighted by Crippen LogP contribution is 2.28. The molecule has 20 nitrogen and oxygen atoms in total. The lowest BCUT2D eigenvalue weighted by molar-refractivity contribution is -0.135. The molecule has 2 heterocycles. The number of hydrogen-bond acceptors (Lipinski definition) is 13. The second kappa shape index (κ2) is 23.4. The van der Waals surface area contributed by atoms with E-state index in [-0.39, 0.29) is 35.7 Å². The van der Waals surface area contributed by atoms with Crippen LogP contribution in [0.5, 0.6) is 11.5 Å². The molecule has 0 radical (unpaired) electrons. The number of guanidine groups is 1. The summed E-state index contributed by atoms with van der Waals surface area (Å²) in [5, 5.41) is 27.9. The minimum Gasteiger partial charge on any atom is -0.496 e. The Morgan fingerprint density at radius 2 is 1.09 bits per heavy atom. The third-order valence-corrected chi connectivity index (χ3v) is 10.5. The van der Waals surface area contributed by atoms with E-state index in [9.17, 15) is 28.8 Å². The average molecular weight is 936 g/mol. The molecule has 2 aromatic heterocycles. The number of carboxylic acid groups (broad SMARTS) is 1. The van der Waals surface area contributed by atoms with Crippen LogP contribution in [0.15, 0.2) is 101 Å². The predicted octanol–water partition coefficient (Wildman–Crippen LogP) is 6.33. The van der Waals surface area contributed by atoms with Gasteiger partial charge in [0.1, 0.15) is 18.0 Å². The van der Waals surface area contributed by atoms with Gasteiger partial charge in [0.05, 0.1) is 61.2 Å². The van der Waals surface area contributed by atoms with Crippen molar-refractivity contribution in [1.29, 1.82) is 0 Å². The van der Waals surface area contributed by atoms with E-state index >= 15 is 0 Å². The molecule has 0 fully saturated rings. The highest BCUT2D eigenvalue weighted by atomic mass is 32.1. The standard InChI is InChI=1S/C23H23N5O6S.C21H22N6O3S/c1-13-7-8-17(16(9-13)20(31)15-5-3-4-6-18(15)34-2)27-22(33)28-23-26-14(12-35-23)10-24-21(32)25-11-19(29)30;1-12-7-8-16(15(9-12)18(28)14-5-3-4-6-17(14)30-2)26-20(29)27-21-25-13(11-31-21)10-24-19(22)23/h3-9,12H,10-11H2,1-2H3,(H,29,30)(H2,24,25,32)(H2,26,27,28,33);3-9,11H,10H2,1-2H3,(H4,22,23,24)(H2,25,26,27,29). The van der Waals surface area contributed by atoms with Crippen LogP contribution >= 0.6 is 22.7 Å². The number of nitrogens with two attached hydrogens (primary N) is 2. The van der Waals surface area contributed by atoms with E-state index in [0.717, 1.165) is 22.5 Å². The first-order chi connectivity index (χ1) is 31.6. The van der Waals surface area contributed by atoms with Crippen molar-refractivity contribution >= 4 is 85.9 Å². The number of benzene rings is 4. The zero-order valence-electron chi connectivity index (χ0n) is 35.9. The second-order valence-electron chi connectivity index (χ2n) is 13.8. The number of carbonyl (C=O) groups excluding carboxylic acids is 5. The number of hydrogen-bond donors (Lipinski definition) is 9. The fraction of sp³-hybridized carbons (Fsp3) is 0.159. The normalized spacial score (nSPS) is 10.2. The van der Waals surface area contributed by atoms with Crippen LogP contribution in [0.3, 0.4) is 0 Å². The molecule has 6 aromatic rings. The lowest BCUT2D eigenvalue weighted by atomic mass is 9.99. The Balaban J connectivity index is 0.000000249. The summed E-state index contributed by atoms with van der Waals surface area (Å²) in [4.78, 5) is 85.8. The van der Waals surface area contributed by atoms with Crippen LogP contribution in [0.4, 0.5) is 36.0 Å². The lowest BCUT2D eigenvalue weighted by Crippen LogP contribution is -2.38. The topological polar surface area (TPSA) is 303 Å². The number of aliphatic imine (C=N–C) groups is 1. The zero-order chi connectivity index (χ0) is 47.8. The molecule has 4 aromatic carbocycles. The lowest BCUT2D eigenvalue weighted by Gasteiger charge is -2.13. The van der Waals surface area contributed by atoms with Crippen molar-refractivity contribution in [2.75, 3.05) is 42.0 Å². The minimum atomic E-state index is -1.16. The largest absolute Gasteiger partial charge is 0.496 e. The maximum Gasteiger partial charge on any atom is 0.325 e. The Bertz CT molecular complexity index is 2770. The number of thiazole rings is 2. The zero-order valence-corrected chi connectivity index (χ0v) is 37.5. The van der Waals surface area contributed by atoms with Crippen LogP contribution in [-0.4, -0.2) is 77.4 Å². The Morgan fingerprint density at radius 1 is 0.621 bits per heavy atom. The Labute approximate surface area is 385 Å². The minimum absolute atomic E-state index is 0.0353. The van der Waals surface area contributed by atoms with Gasteiger partial charge in [-0.15, -0.1) is 22.7 Å². The van der Waals surface area contributed by atoms with Crippen LogP contribution in [0.2, 0.25) is 0 Å². The molecule has 6 rings (SSSR count). The quantitative estimate of drug-likeness (QED) is 0.0292. The molecule has 0 atom stereocenters. The fourth-order valence-corrected chi connectivity index (χ4v) is 7.21. The van der Waals surface area contributed by atoms with E-state index in [1.165, 1.54) is 25.6 Å². The van der Waals surface area contributed by atoms with Crippen molar-refractivity contribution in [2.45, 2.75) is 26.9 Å². The number of ketones is 2. The molecule has 342 valence electrons. The number of aliphatic carboxylic acids is 1. The molecule has 0 spiro atoms. The highest BCUT2D eigenvalue weighted by molar-refractivity contribution is 7.14. The van der Waals surface area contributed by atoms with Crippen LogP contribution in [0.1, 0.15) is 54.4 Å². The van der Waals surface area contributed by atoms with Crippen molar-refractivity contribution < 1.29 is 43.3 Å². The third-order valence-electron chi connectivity index (χ3n) is 8.84. The van der Waals surface area contributed by atoms with Crippen LogP contribution in [0.25, 0.3) is 0 Å². The SMILES string of the molecule is COc1ccccc1C(=O)c1cc(C)ccc1NC(=O)Nc1nc(CN=C(N)N)cs1.COc1ccccc1C(=O)c1cc(C)ccc1NC(=O)Nc1nc(CNC(=O)NCC(=O)O)cs1. The number of carbonyl (C=O) groups is 6. The van der Waals surface area contributed by atoms with Gasteiger partial charge in [0, 0.05) is 21.9 Å². The van der Waals surface area contributed by atoms with E-state index in [0.29, 0.717) is 61.6 Å². The second-order valence-corrected chi connectivity index (χ2v) is 15.5. The summed E-state index contributed by atoms with van der Waals surface area (Å²) in [6, 6.07) is 22.3. The molecule has 0 aliphatic carbocycles. The summed E-state index contributed by atoms with van der Waals surface area (Å²) in [6.07, 6.45) is 0. The van der Waals surface area contributed by atoms with Crippen LogP contribution < -0.4 is 52.8 Å². The predicted molar refractivity (Wildman–Crippen MR) is 252 cm³/mol. The molecule has 0 unspecified atom stereocenters. The first-order valence-corrected chi connectivity index (χ1v) is 21.3. The van der Waals surface area contributed by atoms with Gasteiger partial charge in [0.15, 0.2) is 27.8 Å². The third kappa shape index (κ3) is 14.1.